The fourth-order valence-electron chi connectivity index (χ4n) is 4.04. The van der Waals surface area contributed by atoms with Gasteiger partial charge in [-0.05, 0) is 53.3 Å². The van der Waals surface area contributed by atoms with E-state index in [2.05, 4.69) is 0 Å². The van der Waals surface area contributed by atoms with Crippen LogP contribution in [0.1, 0.15) is 28.7 Å². The Morgan fingerprint density at radius 3 is 2.17 bits per heavy atom. The van der Waals surface area contributed by atoms with Crippen LogP contribution in [-0.2, 0) is 35.3 Å². The largest absolute Gasteiger partial charge is 0.384 e. The van der Waals surface area contributed by atoms with Gasteiger partial charge in [0.15, 0.2) is 5.78 Å². The molecule has 0 bridgehead atoms. The molecule has 0 amide bonds. The van der Waals surface area contributed by atoms with E-state index >= 15 is 0 Å². The first-order valence-electron chi connectivity index (χ1n) is 11.5. The Morgan fingerprint density at radius 2 is 1.46 bits per heavy atom. The lowest BCUT2D eigenvalue weighted by Crippen LogP contribution is -2.42. The fraction of sp³-hybridized carbons (Fsp3) is 0.286. The highest BCUT2D eigenvalue weighted by Crippen LogP contribution is 2.15. The number of halogens is 2. The minimum atomic E-state index is -1.30. The average molecular weight is 481 g/mol. The Labute approximate surface area is 203 Å². The monoisotopic (exact) mass is 480 g/mol. The molecule has 3 rings (SSSR count). The molecule has 3 atom stereocenters. The van der Waals surface area contributed by atoms with Gasteiger partial charge in [0, 0.05) is 31.3 Å². The maximum Gasteiger partial charge on any atom is 0.167 e. The smallest absolute Gasteiger partial charge is 0.167 e. The third-order valence-electron chi connectivity index (χ3n) is 5.80. The van der Waals surface area contributed by atoms with Crippen LogP contribution in [0.5, 0.6) is 0 Å². The van der Waals surface area contributed by atoms with Gasteiger partial charge in [0.1, 0.15) is 23.5 Å². The lowest BCUT2D eigenvalue weighted by molar-refractivity contribution is -0.127. The third-order valence-corrected chi connectivity index (χ3v) is 5.80. The summed E-state index contributed by atoms with van der Waals surface area (Å²) in [5.41, 5.74) is 14.5. The van der Waals surface area contributed by atoms with Crippen molar-refractivity contribution < 1.29 is 23.5 Å². The van der Waals surface area contributed by atoms with Gasteiger partial charge in [-0.1, -0.05) is 54.6 Å². The number of nitrogens with two attached hydrogens (primary N) is 2. The van der Waals surface area contributed by atoms with E-state index in [0.29, 0.717) is 17.5 Å². The van der Waals surface area contributed by atoms with Gasteiger partial charge >= 0.3 is 0 Å². The Balaban J connectivity index is 1.52. The number of hydrogen-bond acceptors (Lipinski definition) is 5. The fourth-order valence-corrected chi connectivity index (χ4v) is 4.04. The van der Waals surface area contributed by atoms with E-state index in [1.807, 2.05) is 30.3 Å². The van der Waals surface area contributed by atoms with Crippen LogP contribution in [0.2, 0.25) is 0 Å². The van der Waals surface area contributed by atoms with E-state index in [1.165, 1.54) is 0 Å². The van der Waals surface area contributed by atoms with Crippen molar-refractivity contribution in [1.82, 2.24) is 0 Å². The SMILES string of the molecule is NC(CC(=O)Cc1cccc(CC(=O)C(O)C(N)Cc2ccccc2)c1)Cc1cc(F)ccc1F. The molecule has 35 heavy (non-hydrogen) atoms. The third kappa shape index (κ3) is 8.17. The number of benzene rings is 3. The predicted molar refractivity (Wildman–Crippen MR) is 131 cm³/mol. The van der Waals surface area contributed by atoms with Crippen molar-refractivity contribution in [2.75, 3.05) is 0 Å². The topological polar surface area (TPSA) is 106 Å². The lowest BCUT2D eigenvalue weighted by Gasteiger charge is -2.18. The molecule has 3 aromatic carbocycles. The number of aliphatic hydroxyl groups excluding tert-OH is 1. The summed E-state index contributed by atoms with van der Waals surface area (Å²) in [4.78, 5) is 25.1. The number of Topliss-reactive ketones (excluding diaryl/α,β-unsaturated/α-hetero) is 2. The van der Waals surface area contributed by atoms with Crippen LogP contribution in [0.25, 0.3) is 0 Å². The Kier molecular flexibility index (Phi) is 9.37. The van der Waals surface area contributed by atoms with E-state index in [4.69, 9.17) is 11.5 Å². The Morgan fingerprint density at radius 1 is 0.800 bits per heavy atom. The minimum Gasteiger partial charge on any atom is -0.384 e. The molecule has 7 heteroatoms. The van der Waals surface area contributed by atoms with Gasteiger partial charge in [-0.2, -0.15) is 0 Å². The van der Waals surface area contributed by atoms with Crippen molar-refractivity contribution in [3.05, 3.63) is 107 Å². The van der Waals surface area contributed by atoms with Crippen molar-refractivity contribution in [3.8, 4) is 0 Å². The van der Waals surface area contributed by atoms with Crippen molar-refractivity contribution in [2.24, 2.45) is 11.5 Å². The van der Waals surface area contributed by atoms with Crippen molar-refractivity contribution >= 4 is 11.6 Å². The second-order valence-electron chi connectivity index (χ2n) is 8.88. The summed E-state index contributed by atoms with van der Waals surface area (Å²) in [5, 5.41) is 10.4. The summed E-state index contributed by atoms with van der Waals surface area (Å²) in [6, 6.07) is 18.2. The highest BCUT2D eigenvalue weighted by Gasteiger charge is 2.23. The first-order chi connectivity index (χ1) is 16.7. The van der Waals surface area contributed by atoms with Crippen LogP contribution in [0, 0.1) is 11.6 Å². The number of carbonyl (C=O) groups excluding carboxylic acids is 2. The molecule has 5 nitrogen and oxygen atoms in total. The van der Waals surface area contributed by atoms with Gasteiger partial charge in [-0.15, -0.1) is 0 Å². The van der Waals surface area contributed by atoms with Crippen molar-refractivity contribution in [2.45, 2.75) is 50.3 Å². The van der Waals surface area contributed by atoms with Gasteiger partial charge in [-0.3, -0.25) is 9.59 Å². The molecule has 3 unspecified atom stereocenters. The van der Waals surface area contributed by atoms with E-state index in [0.717, 1.165) is 23.8 Å². The molecule has 3 aromatic rings. The average Bonchev–Trinajstić information content (AvgIpc) is 2.81. The molecular formula is C28H30F2N2O3. The van der Waals surface area contributed by atoms with Crippen LogP contribution in [0.15, 0.2) is 72.8 Å². The van der Waals surface area contributed by atoms with Gasteiger partial charge in [0.25, 0.3) is 0 Å². The summed E-state index contributed by atoms with van der Waals surface area (Å²) >= 11 is 0. The maximum absolute atomic E-state index is 13.8. The molecule has 5 N–H and O–H groups in total. The molecule has 0 aromatic heterocycles. The highest BCUT2D eigenvalue weighted by molar-refractivity contribution is 5.86. The standard InChI is InChI=1S/C28H30F2N2O3/c29-22-9-10-25(30)21(15-22)16-23(31)17-24(33)12-19-7-4-8-20(11-19)14-27(34)28(35)26(32)13-18-5-2-1-3-6-18/h1-11,15,23,26,28,35H,12-14,16-17,31-32H2. The van der Waals surface area contributed by atoms with E-state index in [1.54, 1.807) is 24.3 Å². The van der Waals surface area contributed by atoms with Gasteiger partial charge < -0.3 is 16.6 Å². The molecule has 0 saturated heterocycles. The summed E-state index contributed by atoms with van der Waals surface area (Å²) in [6.07, 6.45) is -0.789. The number of hydrogen-bond donors (Lipinski definition) is 3. The molecule has 0 spiro atoms. The van der Waals surface area contributed by atoms with E-state index in [-0.39, 0.29) is 37.0 Å². The number of carbonyl (C=O) groups is 2. The van der Waals surface area contributed by atoms with Crippen molar-refractivity contribution in [1.29, 1.82) is 0 Å². The Bertz CT molecular complexity index is 1150. The number of aliphatic hydroxyl groups is 1. The summed E-state index contributed by atoms with van der Waals surface area (Å²) in [6.45, 7) is 0. The zero-order chi connectivity index (χ0) is 25.4. The van der Waals surface area contributed by atoms with Crippen LogP contribution >= 0.6 is 0 Å². The maximum atomic E-state index is 13.8. The van der Waals surface area contributed by atoms with Crippen LogP contribution in [-0.4, -0.2) is 34.9 Å². The first kappa shape index (κ1) is 26.3. The zero-order valence-corrected chi connectivity index (χ0v) is 19.4. The van der Waals surface area contributed by atoms with E-state index in [9.17, 15) is 23.5 Å². The van der Waals surface area contributed by atoms with Crippen LogP contribution in [0.3, 0.4) is 0 Å². The molecule has 0 heterocycles. The van der Waals surface area contributed by atoms with Crippen LogP contribution in [0.4, 0.5) is 8.78 Å². The number of ketones is 2. The predicted octanol–water partition coefficient (Wildman–Crippen LogP) is 3.08. The quantitative estimate of drug-likeness (QED) is 0.369. The first-order valence-corrected chi connectivity index (χ1v) is 11.5. The Hall–Kier alpha value is -3.26. The molecule has 0 saturated carbocycles. The minimum absolute atomic E-state index is 0.00612. The van der Waals surface area contributed by atoms with Gasteiger partial charge in [0.2, 0.25) is 0 Å². The summed E-state index contributed by atoms with van der Waals surface area (Å²) in [7, 11) is 0. The molecule has 0 fully saturated rings. The zero-order valence-electron chi connectivity index (χ0n) is 19.4. The molecule has 0 aliphatic rings. The number of rotatable bonds is 12. The van der Waals surface area contributed by atoms with Crippen LogP contribution < -0.4 is 11.5 Å². The second kappa shape index (κ2) is 12.4. The van der Waals surface area contributed by atoms with Crippen molar-refractivity contribution in [3.63, 3.8) is 0 Å². The van der Waals surface area contributed by atoms with Gasteiger partial charge in [-0.25, -0.2) is 8.78 Å². The molecule has 0 radical (unpaired) electrons. The second-order valence-corrected chi connectivity index (χ2v) is 8.88. The highest BCUT2D eigenvalue weighted by atomic mass is 19.1. The molecule has 0 aliphatic carbocycles. The molecular weight excluding hydrogens is 450 g/mol. The summed E-state index contributed by atoms with van der Waals surface area (Å²) in [5.74, 6) is -1.66. The normalized spacial score (nSPS) is 13.7. The molecule has 184 valence electrons. The lowest BCUT2D eigenvalue weighted by atomic mass is 9.94. The summed E-state index contributed by atoms with van der Waals surface area (Å²) < 4.78 is 27.2. The van der Waals surface area contributed by atoms with E-state index < -0.39 is 35.6 Å². The molecule has 0 aliphatic heterocycles. The van der Waals surface area contributed by atoms with Gasteiger partial charge in [0.05, 0.1) is 0 Å².